The molecule has 1 aliphatic heterocycles. The minimum Gasteiger partial charge on any atom is -0.508 e. The van der Waals surface area contributed by atoms with Gasteiger partial charge >= 0.3 is 29.8 Å². The van der Waals surface area contributed by atoms with Crippen molar-refractivity contribution >= 4 is 29.8 Å². The zero-order chi connectivity index (χ0) is 35.0. The number of carbonyl (C=O) groups excluding carboxylic acids is 5. The van der Waals surface area contributed by atoms with Crippen LogP contribution in [0, 0.1) is 0 Å². The van der Waals surface area contributed by atoms with Gasteiger partial charge in [-0.05, 0) is 57.4 Å². The summed E-state index contributed by atoms with van der Waals surface area (Å²) in [5, 5.41) is 50.2. The second kappa shape index (κ2) is 16.0. The summed E-state index contributed by atoms with van der Waals surface area (Å²) in [7, 11) is 0. The number of benzene rings is 2. The highest BCUT2D eigenvalue weighted by Crippen LogP contribution is 2.31. The molecule has 1 fully saturated rings. The first-order valence-corrected chi connectivity index (χ1v) is 14.8. The summed E-state index contributed by atoms with van der Waals surface area (Å²) in [6.45, 7) is 5.71. The first kappa shape index (κ1) is 36.4. The van der Waals surface area contributed by atoms with Crippen molar-refractivity contribution in [3.05, 3.63) is 46.5 Å². The number of aliphatic hydroxyl groups excluding tert-OH is 1. The normalized spacial score (nSPS) is 16.7. The van der Waals surface area contributed by atoms with Gasteiger partial charge in [-0.3, -0.25) is 14.4 Å². The number of ether oxygens (including phenoxy) is 5. The molecule has 1 aliphatic rings. The molecule has 15 nitrogen and oxygen atoms in total. The summed E-state index contributed by atoms with van der Waals surface area (Å²) in [6.07, 6.45) is -5.63. The van der Waals surface area contributed by atoms with E-state index in [1.54, 1.807) is 0 Å². The molecule has 5 unspecified atom stereocenters. The lowest BCUT2D eigenvalue weighted by Crippen LogP contribution is -2.26. The Kier molecular flexibility index (Phi) is 12.4. The maximum Gasteiger partial charge on any atom is 0.342 e. The lowest BCUT2D eigenvalue weighted by molar-refractivity contribution is -0.151. The molecule has 0 saturated carbocycles. The van der Waals surface area contributed by atoms with E-state index in [1.807, 2.05) is 0 Å². The van der Waals surface area contributed by atoms with Crippen molar-refractivity contribution < 1.29 is 73.2 Å². The number of phenolic OH excluding ortho intramolecular Hbond substituents is 4. The SMILES string of the molecule is CC(O)Cc1cc(O)cc(O)c1C(=O)OC(C)CC(=O)OC(C)Cc1cc(O)cc(O)c1C(=O)OC(C)CC(=O)OC1COC(=O)C1. The molecular formula is C32H38O15. The van der Waals surface area contributed by atoms with E-state index in [0.717, 1.165) is 12.1 Å². The maximum absolute atomic E-state index is 13.0. The van der Waals surface area contributed by atoms with Crippen LogP contribution in [0.3, 0.4) is 0 Å². The van der Waals surface area contributed by atoms with Gasteiger partial charge in [0.05, 0.1) is 25.4 Å². The summed E-state index contributed by atoms with van der Waals surface area (Å²) in [4.78, 5) is 61.8. The molecule has 15 heteroatoms. The van der Waals surface area contributed by atoms with E-state index in [-0.39, 0.29) is 66.0 Å². The van der Waals surface area contributed by atoms with Crippen molar-refractivity contribution in [3.8, 4) is 23.0 Å². The van der Waals surface area contributed by atoms with Crippen molar-refractivity contribution in [2.24, 2.45) is 0 Å². The monoisotopic (exact) mass is 662 g/mol. The van der Waals surface area contributed by atoms with E-state index in [9.17, 15) is 49.5 Å². The molecule has 0 amide bonds. The Labute approximate surface area is 269 Å². The van der Waals surface area contributed by atoms with E-state index in [2.05, 4.69) is 0 Å². The quantitative estimate of drug-likeness (QED) is 0.144. The van der Waals surface area contributed by atoms with Gasteiger partial charge in [-0.1, -0.05) is 0 Å². The Morgan fingerprint density at radius 3 is 1.70 bits per heavy atom. The third kappa shape index (κ3) is 10.8. The number of aromatic hydroxyl groups is 4. The van der Waals surface area contributed by atoms with Gasteiger partial charge in [0.2, 0.25) is 0 Å². The van der Waals surface area contributed by atoms with Crippen LogP contribution in [0.4, 0.5) is 0 Å². The van der Waals surface area contributed by atoms with Gasteiger partial charge in [0.15, 0.2) is 0 Å². The number of phenols is 4. The molecule has 2 aromatic carbocycles. The number of esters is 5. The van der Waals surface area contributed by atoms with E-state index in [4.69, 9.17) is 23.7 Å². The Bertz CT molecular complexity index is 1500. The molecule has 2 aromatic rings. The van der Waals surface area contributed by atoms with Crippen LogP contribution in [0.5, 0.6) is 23.0 Å². The Morgan fingerprint density at radius 1 is 0.745 bits per heavy atom. The molecular weight excluding hydrogens is 624 g/mol. The summed E-state index contributed by atoms with van der Waals surface area (Å²) < 4.78 is 25.9. The molecule has 47 heavy (non-hydrogen) atoms. The van der Waals surface area contributed by atoms with Crippen molar-refractivity contribution in [1.29, 1.82) is 0 Å². The van der Waals surface area contributed by atoms with Crippen molar-refractivity contribution in [3.63, 3.8) is 0 Å². The molecule has 0 radical (unpaired) electrons. The molecule has 5 N–H and O–H groups in total. The highest BCUT2D eigenvalue weighted by atomic mass is 16.6. The second-order valence-corrected chi connectivity index (χ2v) is 11.4. The van der Waals surface area contributed by atoms with E-state index in [1.165, 1.54) is 39.8 Å². The lowest BCUT2D eigenvalue weighted by atomic mass is 10.00. The summed E-state index contributed by atoms with van der Waals surface area (Å²) in [5.74, 6) is -5.93. The first-order chi connectivity index (χ1) is 22.0. The fourth-order valence-corrected chi connectivity index (χ4v) is 4.91. The molecule has 5 atom stereocenters. The average Bonchev–Trinajstić information content (AvgIpc) is 3.30. The number of hydrogen-bond donors (Lipinski definition) is 5. The predicted molar refractivity (Wildman–Crippen MR) is 159 cm³/mol. The number of rotatable bonds is 14. The first-order valence-electron chi connectivity index (χ1n) is 14.8. The molecule has 0 spiro atoms. The predicted octanol–water partition coefficient (Wildman–Crippen LogP) is 2.34. The van der Waals surface area contributed by atoms with Crippen molar-refractivity contribution in [2.45, 2.75) is 90.3 Å². The molecule has 0 bridgehead atoms. The van der Waals surface area contributed by atoms with Crippen molar-refractivity contribution in [2.75, 3.05) is 6.61 Å². The zero-order valence-electron chi connectivity index (χ0n) is 26.3. The van der Waals surface area contributed by atoms with Crippen LogP contribution in [0.1, 0.15) is 78.8 Å². The van der Waals surface area contributed by atoms with Crippen LogP contribution < -0.4 is 0 Å². The molecule has 1 heterocycles. The van der Waals surface area contributed by atoms with E-state index in [0.29, 0.717) is 0 Å². The van der Waals surface area contributed by atoms with Crippen LogP contribution in [-0.4, -0.2) is 92.5 Å². The molecule has 0 aliphatic carbocycles. The highest BCUT2D eigenvalue weighted by molar-refractivity contribution is 5.95. The van der Waals surface area contributed by atoms with Gasteiger partial charge in [0.25, 0.3) is 0 Å². The van der Waals surface area contributed by atoms with Crippen LogP contribution in [0.2, 0.25) is 0 Å². The third-order valence-corrected chi connectivity index (χ3v) is 6.78. The number of aliphatic hydroxyl groups is 1. The largest absolute Gasteiger partial charge is 0.508 e. The van der Waals surface area contributed by atoms with Crippen LogP contribution in [0.15, 0.2) is 24.3 Å². The van der Waals surface area contributed by atoms with Crippen LogP contribution in [-0.2, 0) is 50.9 Å². The summed E-state index contributed by atoms with van der Waals surface area (Å²) in [6, 6.07) is 4.24. The molecule has 0 aromatic heterocycles. The van der Waals surface area contributed by atoms with E-state index >= 15 is 0 Å². The third-order valence-electron chi connectivity index (χ3n) is 6.78. The number of hydrogen-bond acceptors (Lipinski definition) is 15. The minimum absolute atomic E-state index is 0.0632. The fourth-order valence-electron chi connectivity index (χ4n) is 4.91. The van der Waals surface area contributed by atoms with Gasteiger partial charge < -0.3 is 49.2 Å². The standard InChI is InChI=1S/C32H38O15/c1-15(33)5-19-9-21(34)11-24(36)29(19)31(41)45-17(3)7-27(39)44-16(2)6-20-10-22(35)12-25(37)30(20)32(42)46-18(4)8-28(40)47-23-13-26(38)43-14-23/h9-12,15-18,23,33-37H,5-8,13-14H2,1-4H3. The van der Waals surface area contributed by atoms with Gasteiger partial charge in [-0.2, -0.15) is 0 Å². The Morgan fingerprint density at radius 2 is 1.23 bits per heavy atom. The molecule has 3 rings (SSSR count). The van der Waals surface area contributed by atoms with Crippen LogP contribution >= 0.6 is 0 Å². The molecule has 1 saturated heterocycles. The fraction of sp³-hybridized carbons (Fsp3) is 0.469. The van der Waals surface area contributed by atoms with Gasteiger partial charge in [0.1, 0.15) is 65.1 Å². The van der Waals surface area contributed by atoms with Gasteiger partial charge in [-0.25, -0.2) is 9.59 Å². The van der Waals surface area contributed by atoms with Gasteiger partial charge in [-0.15, -0.1) is 0 Å². The summed E-state index contributed by atoms with van der Waals surface area (Å²) in [5.41, 5.74) is -0.394. The van der Waals surface area contributed by atoms with Crippen molar-refractivity contribution in [1.82, 2.24) is 0 Å². The zero-order valence-corrected chi connectivity index (χ0v) is 26.3. The number of cyclic esters (lactones) is 1. The number of carbonyl (C=O) groups is 5. The maximum atomic E-state index is 13.0. The topological polar surface area (TPSA) is 233 Å². The highest BCUT2D eigenvalue weighted by Gasteiger charge is 2.29. The van der Waals surface area contributed by atoms with E-state index < -0.39 is 78.3 Å². The lowest BCUT2D eigenvalue weighted by Gasteiger charge is -2.20. The Balaban J connectivity index is 1.59. The smallest absolute Gasteiger partial charge is 0.342 e. The average molecular weight is 663 g/mol. The Hall–Kier alpha value is -5.05. The van der Waals surface area contributed by atoms with Crippen LogP contribution in [0.25, 0.3) is 0 Å². The summed E-state index contributed by atoms with van der Waals surface area (Å²) >= 11 is 0. The molecule has 256 valence electrons. The second-order valence-electron chi connectivity index (χ2n) is 11.4. The van der Waals surface area contributed by atoms with Gasteiger partial charge in [0, 0.05) is 18.6 Å². The minimum atomic E-state index is -1.03.